The van der Waals surface area contributed by atoms with Crippen molar-refractivity contribution < 1.29 is 13.2 Å². The van der Waals surface area contributed by atoms with Gasteiger partial charge in [-0.05, 0) is 50.0 Å². The molecule has 0 bridgehead atoms. The highest BCUT2D eigenvalue weighted by atomic mass is 19.4. The van der Waals surface area contributed by atoms with Crippen LogP contribution < -0.4 is 5.32 Å². The standard InChI is InChI=1S/C26H33F3N4/c1-17-9-6-7-12-20(17)23-13-8-14-32(23)18(2)21-16-30-33-24(26(27,28)29)15-22(31-25(21)33)19-10-4-3-5-11-19/h3-4,6-7,10,12,16-17,21-25,31H,2,5,8-9,11,13-15H2,1H3. The van der Waals surface area contributed by atoms with Crippen LogP contribution in [-0.4, -0.2) is 53.1 Å². The van der Waals surface area contributed by atoms with E-state index in [-0.39, 0.29) is 24.4 Å². The van der Waals surface area contributed by atoms with E-state index in [0.29, 0.717) is 5.92 Å². The second kappa shape index (κ2) is 8.82. The molecule has 0 radical (unpaired) electrons. The summed E-state index contributed by atoms with van der Waals surface area (Å²) < 4.78 is 42.2. The largest absolute Gasteiger partial charge is 0.410 e. The van der Waals surface area contributed by atoms with Crippen molar-refractivity contribution in [3.05, 3.63) is 59.9 Å². The van der Waals surface area contributed by atoms with Crippen LogP contribution >= 0.6 is 0 Å². The van der Waals surface area contributed by atoms with E-state index < -0.39 is 18.4 Å². The zero-order valence-corrected chi connectivity index (χ0v) is 19.1. The van der Waals surface area contributed by atoms with E-state index in [9.17, 15) is 13.2 Å². The molecule has 0 amide bonds. The van der Waals surface area contributed by atoms with Crippen molar-refractivity contribution in [1.82, 2.24) is 15.2 Å². The van der Waals surface area contributed by atoms with Gasteiger partial charge >= 0.3 is 6.18 Å². The molecule has 0 spiro atoms. The number of halogens is 3. The van der Waals surface area contributed by atoms with Crippen LogP contribution in [0.1, 0.15) is 45.4 Å². The molecule has 5 aliphatic rings. The second-order valence-corrected chi connectivity index (χ2v) is 9.91. The van der Waals surface area contributed by atoms with Crippen LogP contribution in [0.5, 0.6) is 0 Å². The van der Waals surface area contributed by atoms with Gasteiger partial charge in [-0.1, -0.05) is 55.5 Å². The number of likely N-dealkylation sites (tertiary alicyclic amines) is 1. The number of rotatable bonds is 4. The van der Waals surface area contributed by atoms with Crippen LogP contribution in [0.2, 0.25) is 0 Å². The summed E-state index contributed by atoms with van der Waals surface area (Å²) in [5.74, 6) is 0.188. The van der Waals surface area contributed by atoms with Gasteiger partial charge in [-0.15, -0.1) is 0 Å². The number of hydrogen-bond acceptors (Lipinski definition) is 4. The summed E-state index contributed by atoms with van der Waals surface area (Å²) in [5, 5.41) is 9.07. The van der Waals surface area contributed by atoms with Gasteiger partial charge in [0.1, 0.15) is 12.2 Å². The van der Waals surface area contributed by atoms with E-state index in [2.05, 4.69) is 53.1 Å². The number of fused-ring (bicyclic) bond motifs is 1. The predicted molar refractivity (Wildman–Crippen MR) is 125 cm³/mol. The molecule has 0 saturated carbocycles. The molecule has 6 unspecified atom stereocenters. The molecule has 2 fully saturated rings. The lowest BCUT2D eigenvalue weighted by atomic mass is 9.86. The first-order chi connectivity index (χ1) is 15.8. The van der Waals surface area contributed by atoms with Gasteiger partial charge in [0.25, 0.3) is 0 Å². The number of hydrogen-bond donors (Lipinski definition) is 1. The molecule has 0 aromatic rings. The van der Waals surface area contributed by atoms with Gasteiger partial charge in [-0.3, -0.25) is 10.3 Å². The molecule has 2 saturated heterocycles. The van der Waals surface area contributed by atoms with Crippen molar-refractivity contribution in [1.29, 1.82) is 0 Å². The van der Waals surface area contributed by atoms with Crippen LogP contribution in [-0.2, 0) is 0 Å². The molecule has 3 aliphatic heterocycles. The minimum atomic E-state index is -4.33. The molecule has 33 heavy (non-hydrogen) atoms. The van der Waals surface area contributed by atoms with Crippen LogP contribution in [0.15, 0.2) is 65.0 Å². The number of hydrazone groups is 1. The fraction of sp³-hybridized carbons (Fsp3) is 0.577. The van der Waals surface area contributed by atoms with Crippen molar-refractivity contribution in [3.8, 4) is 0 Å². The highest BCUT2D eigenvalue weighted by molar-refractivity contribution is 5.68. The summed E-state index contributed by atoms with van der Waals surface area (Å²) in [6, 6.07) is -1.63. The van der Waals surface area contributed by atoms with E-state index in [1.165, 1.54) is 10.6 Å². The monoisotopic (exact) mass is 458 g/mol. The summed E-state index contributed by atoms with van der Waals surface area (Å²) >= 11 is 0. The summed E-state index contributed by atoms with van der Waals surface area (Å²) in [4.78, 5) is 2.33. The van der Waals surface area contributed by atoms with Gasteiger partial charge in [0.15, 0.2) is 0 Å². The van der Waals surface area contributed by atoms with Crippen molar-refractivity contribution in [3.63, 3.8) is 0 Å². The maximum absolute atomic E-state index is 14.1. The minimum Gasteiger partial charge on any atom is -0.368 e. The highest BCUT2D eigenvalue weighted by Gasteiger charge is 2.54. The molecular formula is C26H33F3N4. The Balaban J connectivity index is 1.40. The van der Waals surface area contributed by atoms with Gasteiger partial charge in [-0.2, -0.15) is 18.3 Å². The summed E-state index contributed by atoms with van der Waals surface area (Å²) in [6.07, 6.45) is 14.2. The fourth-order valence-electron chi connectivity index (χ4n) is 6.10. The Morgan fingerprint density at radius 2 is 2.03 bits per heavy atom. The zero-order valence-electron chi connectivity index (χ0n) is 19.1. The van der Waals surface area contributed by atoms with Crippen LogP contribution in [0.25, 0.3) is 0 Å². The number of nitrogens with one attached hydrogen (secondary N) is 1. The average Bonchev–Trinajstić information content (AvgIpc) is 3.46. The van der Waals surface area contributed by atoms with Crippen LogP contribution in [0.4, 0.5) is 13.2 Å². The van der Waals surface area contributed by atoms with Gasteiger partial charge < -0.3 is 4.90 Å². The number of alkyl halides is 3. The third kappa shape index (κ3) is 4.20. The number of allylic oxidation sites excluding steroid dienone is 6. The first-order valence-electron chi connectivity index (χ1n) is 12.2. The number of nitrogens with zero attached hydrogens (tertiary/aromatic N) is 3. The third-order valence-corrected chi connectivity index (χ3v) is 7.88. The Bertz CT molecular complexity index is 928. The third-order valence-electron chi connectivity index (χ3n) is 7.88. The van der Waals surface area contributed by atoms with Crippen molar-refractivity contribution in [2.24, 2.45) is 16.9 Å². The maximum atomic E-state index is 14.1. The molecule has 1 N–H and O–H groups in total. The average molecular weight is 459 g/mol. The molecule has 3 heterocycles. The minimum absolute atomic E-state index is 0.0146. The lowest BCUT2D eigenvalue weighted by Crippen LogP contribution is -2.63. The van der Waals surface area contributed by atoms with Gasteiger partial charge in [0.05, 0.1) is 12.0 Å². The first kappa shape index (κ1) is 22.5. The smallest absolute Gasteiger partial charge is 0.368 e. The van der Waals surface area contributed by atoms with Crippen molar-refractivity contribution >= 4 is 6.21 Å². The van der Waals surface area contributed by atoms with E-state index >= 15 is 0 Å². The normalized spacial score (nSPS) is 36.1. The Morgan fingerprint density at radius 3 is 2.76 bits per heavy atom. The Hall–Kier alpha value is -2.28. The Kier molecular flexibility index (Phi) is 6.02. The maximum Gasteiger partial charge on any atom is 0.410 e. The fourth-order valence-corrected chi connectivity index (χ4v) is 6.10. The first-order valence-corrected chi connectivity index (χ1v) is 12.2. The lowest BCUT2D eigenvalue weighted by Gasteiger charge is -2.46. The molecule has 4 nitrogen and oxygen atoms in total. The highest BCUT2D eigenvalue weighted by Crippen LogP contribution is 2.42. The Labute approximate surface area is 194 Å². The van der Waals surface area contributed by atoms with Crippen LogP contribution in [0, 0.1) is 11.8 Å². The SMILES string of the molecule is C=C(C1C=NN2C1NC(C1=CC=CCC1)CC2C(F)(F)F)N1CCCC1C1=CC=CCC1C. The van der Waals surface area contributed by atoms with Gasteiger partial charge in [0, 0.05) is 24.5 Å². The van der Waals surface area contributed by atoms with E-state index in [1.807, 2.05) is 12.2 Å². The van der Waals surface area contributed by atoms with Crippen LogP contribution in [0.3, 0.4) is 0 Å². The van der Waals surface area contributed by atoms with Crippen molar-refractivity contribution in [2.45, 2.75) is 75.9 Å². The molecule has 6 atom stereocenters. The molecule has 5 rings (SSSR count). The Morgan fingerprint density at radius 1 is 1.21 bits per heavy atom. The molecule has 0 aromatic heterocycles. The lowest BCUT2D eigenvalue weighted by molar-refractivity contribution is -0.202. The summed E-state index contributed by atoms with van der Waals surface area (Å²) in [5.41, 5.74) is 3.34. The van der Waals surface area contributed by atoms with E-state index in [0.717, 1.165) is 49.9 Å². The van der Waals surface area contributed by atoms with Gasteiger partial charge in [-0.25, -0.2) is 0 Å². The molecule has 0 aromatic carbocycles. The van der Waals surface area contributed by atoms with E-state index in [1.54, 1.807) is 6.21 Å². The summed E-state index contributed by atoms with van der Waals surface area (Å²) in [6.45, 7) is 7.56. The molecule has 7 heteroatoms. The molecule has 2 aliphatic carbocycles. The van der Waals surface area contributed by atoms with E-state index in [4.69, 9.17) is 0 Å². The molecular weight excluding hydrogens is 425 g/mol. The summed E-state index contributed by atoms with van der Waals surface area (Å²) in [7, 11) is 0. The second-order valence-electron chi connectivity index (χ2n) is 9.91. The quantitative estimate of drug-likeness (QED) is 0.620. The predicted octanol–water partition coefficient (Wildman–Crippen LogP) is 5.30. The van der Waals surface area contributed by atoms with Crippen molar-refractivity contribution in [2.75, 3.05) is 6.54 Å². The van der Waals surface area contributed by atoms with Gasteiger partial charge in [0.2, 0.25) is 0 Å². The molecule has 178 valence electrons. The zero-order chi connectivity index (χ0) is 23.2. The topological polar surface area (TPSA) is 30.9 Å².